The van der Waals surface area contributed by atoms with E-state index in [1.165, 1.54) is 6.20 Å². The number of halogens is 3. The molecule has 0 aliphatic rings. The first-order chi connectivity index (χ1) is 10.4. The summed E-state index contributed by atoms with van der Waals surface area (Å²) in [7, 11) is 1.75. The molecule has 0 bridgehead atoms. The average molecular weight is 307 g/mol. The van der Waals surface area contributed by atoms with E-state index >= 15 is 0 Å². The number of nitrogens with two attached hydrogens (primary N) is 1. The molecule has 3 rings (SSSR count). The molecule has 1 aromatic carbocycles. The summed E-state index contributed by atoms with van der Waals surface area (Å²) >= 11 is 0. The van der Waals surface area contributed by atoms with Crippen molar-refractivity contribution in [1.29, 1.82) is 0 Å². The SMILES string of the molecule is Cn1cnc2cnc(-c3cc(CN)cc(C(F)(F)F)c3)nc21. The number of hydrogen-bond acceptors (Lipinski definition) is 4. The normalized spacial score (nSPS) is 12.0. The maximum absolute atomic E-state index is 13.0. The highest BCUT2D eigenvalue weighted by molar-refractivity contribution is 5.72. The van der Waals surface area contributed by atoms with E-state index < -0.39 is 11.7 Å². The van der Waals surface area contributed by atoms with E-state index in [-0.39, 0.29) is 17.9 Å². The zero-order valence-electron chi connectivity index (χ0n) is 11.6. The van der Waals surface area contributed by atoms with Gasteiger partial charge in [0.15, 0.2) is 11.5 Å². The van der Waals surface area contributed by atoms with Crippen molar-refractivity contribution in [2.45, 2.75) is 12.7 Å². The first kappa shape index (κ1) is 14.5. The Morgan fingerprint density at radius 2 is 1.95 bits per heavy atom. The van der Waals surface area contributed by atoms with Crippen molar-refractivity contribution in [3.63, 3.8) is 0 Å². The molecule has 2 N–H and O–H groups in total. The third-order valence-corrected chi connectivity index (χ3v) is 3.27. The second kappa shape index (κ2) is 5.06. The molecule has 0 fully saturated rings. The Labute approximate surface area is 123 Å². The number of nitrogens with zero attached hydrogens (tertiary/aromatic N) is 4. The van der Waals surface area contributed by atoms with Crippen molar-refractivity contribution in [3.8, 4) is 11.4 Å². The lowest BCUT2D eigenvalue weighted by Crippen LogP contribution is -2.08. The molecule has 0 saturated heterocycles. The van der Waals surface area contributed by atoms with Gasteiger partial charge in [0.1, 0.15) is 5.52 Å². The molecule has 0 atom stereocenters. The zero-order valence-corrected chi connectivity index (χ0v) is 11.6. The number of aromatic nitrogens is 4. The quantitative estimate of drug-likeness (QED) is 0.790. The number of imidazole rings is 1. The van der Waals surface area contributed by atoms with Crippen LogP contribution in [0.5, 0.6) is 0 Å². The van der Waals surface area contributed by atoms with Gasteiger partial charge in [0.05, 0.1) is 18.1 Å². The van der Waals surface area contributed by atoms with Gasteiger partial charge in [-0.25, -0.2) is 15.0 Å². The number of aryl methyl sites for hydroxylation is 1. The van der Waals surface area contributed by atoms with Gasteiger partial charge in [-0.05, 0) is 23.8 Å². The molecule has 0 spiro atoms. The van der Waals surface area contributed by atoms with Crippen LogP contribution in [0.3, 0.4) is 0 Å². The van der Waals surface area contributed by atoms with Crippen LogP contribution in [0.15, 0.2) is 30.7 Å². The molecule has 3 aromatic rings. The van der Waals surface area contributed by atoms with Gasteiger partial charge in [-0.2, -0.15) is 13.2 Å². The third-order valence-electron chi connectivity index (χ3n) is 3.27. The second-order valence-electron chi connectivity index (χ2n) is 4.88. The summed E-state index contributed by atoms with van der Waals surface area (Å²) in [5.41, 5.74) is 6.50. The summed E-state index contributed by atoms with van der Waals surface area (Å²) < 4.78 is 40.6. The van der Waals surface area contributed by atoms with Crippen molar-refractivity contribution in [2.24, 2.45) is 12.8 Å². The summed E-state index contributed by atoms with van der Waals surface area (Å²) in [4.78, 5) is 12.5. The molecule has 0 aliphatic carbocycles. The maximum Gasteiger partial charge on any atom is 0.416 e. The van der Waals surface area contributed by atoms with Crippen molar-refractivity contribution in [3.05, 3.63) is 41.9 Å². The first-order valence-electron chi connectivity index (χ1n) is 6.44. The lowest BCUT2D eigenvalue weighted by atomic mass is 10.0. The van der Waals surface area contributed by atoms with Gasteiger partial charge in [-0.1, -0.05) is 0 Å². The van der Waals surface area contributed by atoms with Crippen LogP contribution < -0.4 is 5.73 Å². The standard InChI is InChI=1S/C14H12F3N5/c1-22-7-20-11-6-19-12(21-13(11)22)9-2-8(5-18)3-10(4-9)14(15,16)17/h2-4,6-7H,5,18H2,1H3. The van der Waals surface area contributed by atoms with Gasteiger partial charge in [0.25, 0.3) is 0 Å². The van der Waals surface area contributed by atoms with Crippen molar-refractivity contribution in [1.82, 2.24) is 19.5 Å². The van der Waals surface area contributed by atoms with E-state index in [2.05, 4.69) is 15.0 Å². The minimum Gasteiger partial charge on any atom is -0.326 e. The minimum absolute atomic E-state index is 0.00484. The molecule has 2 heterocycles. The molecule has 114 valence electrons. The van der Waals surface area contributed by atoms with Crippen LogP contribution in [0.4, 0.5) is 13.2 Å². The number of benzene rings is 1. The molecule has 0 amide bonds. The van der Waals surface area contributed by atoms with Crippen LogP contribution in [0.2, 0.25) is 0 Å². The van der Waals surface area contributed by atoms with Gasteiger partial charge < -0.3 is 10.3 Å². The van der Waals surface area contributed by atoms with Gasteiger partial charge in [0.2, 0.25) is 0 Å². The van der Waals surface area contributed by atoms with E-state index in [1.807, 2.05) is 0 Å². The van der Waals surface area contributed by atoms with Gasteiger partial charge in [0, 0.05) is 19.2 Å². The van der Waals surface area contributed by atoms with E-state index in [0.717, 1.165) is 12.1 Å². The molecule has 0 unspecified atom stereocenters. The molecular weight excluding hydrogens is 295 g/mol. The van der Waals surface area contributed by atoms with E-state index in [1.54, 1.807) is 24.0 Å². The fourth-order valence-corrected chi connectivity index (χ4v) is 2.16. The molecule has 2 aromatic heterocycles. The lowest BCUT2D eigenvalue weighted by molar-refractivity contribution is -0.137. The Hall–Kier alpha value is -2.48. The molecule has 22 heavy (non-hydrogen) atoms. The van der Waals surface area contributed by atoms with Gasteiger partial charge in [-0.3, -0.25) is 0 Å². The summed E-state index contributed by atoms with van der Waals surface area (Å²) in [6, 6.07) is 3.62. The molecule has 8 heteroatoms. The molecule has 0 saturated carbocycles. The van der Waals surface area contributed by atoms with E-state index in [9.17, 15) is 13.2 Å². The fourth-order valence-electron chi connectivity index (χ4n) is 2.16. The Morgan fingerprint density at radius 1 is 1.18 bits per heavy atom. The molecular formula is C14H12F3N5. The highest BCUT2D eigenvalue weighted by Crippen LogP contribution is 2.32. The first-order valence-corrected chi connectivity index (χ1v) is 6.44. The van der Waals surface area contributed by atoms with Crippen LogP contribution in [-0.2, 0) is 19.8 Å². The number of hydrogen-bond donors (Lipinski definition) is 1. The molecule has 0 aliphatic heterocycles. The van der Waals surface area contributed by atoms with Crippen LogP contribution >= 0.6 is 0 Å². The predicted octanol–water partition coefficient (Wildman–Crippen LogP) is 2.51. The average Bonchev–Trinajstić information content (AvgIpc) is 2.87. The Kier molecular flexibility index (Phi) is 3.32. The Balaban J connectivity index is 2.18. The lowest BCUT2D eigenvalue weighted by Gasteiger charge is -2.11. The number of fused-ring (bicyclic) bond motifs is 1. The summed E-state index contributed by atoms with van der Waals surface area (Å²) in [6.07, 6.45) is -1.39. The molecule has 0 radical (unpaired) electrons. The van der Waals surface area contributed by atoms with E-state index in [0.29, 0.717) is 16.7 Å². The Bertz CT molecular complexity index is 838. The topological polar surface area (TPSA) is 69.6 Å². The van der Waals surface area contributed by atoms with Gasteiger partial charge in [-0.15, -0.1) is 0 Å². The fraction of sp³-hybridized carbons (Fsp3) is 0.214. The summed E-state index contributed by atoms with van der Waals surface area (Å²) in [5.74, 6) is 0.205. The van der Waals surface area contributed by atoms with Crippen LogP contribution in [0.1, 0.15) is 11.1 Å². The number of rotatable bonds is 2. The van der Waals surface area contributed by atoms with Gasteiger partial charge >= 0.3 is 6.18 Å². The zero-order chi connectivity index (χ0) is 15.9. The third kappa shape index (κ3) is 2.52. The summed E-state index contributed by atoms with van der Waals surface area (Å²) in [6.45, 7) is 0.00484. The van der Waals surface area contributed by atoms with Crippen molar-refractivity contribution in [2.75, 3.05) is 0 Å². The maximum atomic E-state index is 13.0. The smallest absolute Gasteiger partial charge is 0.326 e. The van der Waals surface area contributed by atoms with Crippen molar-refractivity contribution < 1.29 is 13.2 Å². The van der Waals surface area contributed by atoms with Crippen LogP contribution in [0, 0.1) is 0 Å². The second-order valence-corrected chi connectivity index (χ2v) is 4.88. The van der Waals surface area contributed by atoms with Crippen molar-refractivity contribution >= 4 is 11.2 Å². The highest BCUT2D eigenvalue weighted by Gasteiger charge is 2.31. The Morgan fingerprint density at radius 3 is 2.64 bits per heavy atom. The van der Waals surface area contributed by atoms with Crippen LogP contribution in [0.25, 0.3) is 22.6 Å². The minimum atomic E-state index is -4.45. The predicted molar refractivity (Wildman–Crippen MR) is 74.6 cm³/mol. The monoisotopic (exact) mass is 307 g/mol. The van der Waals surface area contributed by atoms with E-state index in [4.69, 9.17) is 5.73 Å². The highest BCUT2D eigenvalue weighted by atomic mass is 19.4. The molecule has 5 nitrogen and oxygen atoms in total. The largest absolute Gasteiger partial charge is 0.416 e. The number of alkyl halides is 3. The summed E-state index contributed by atoms with van der Waals surface area (Å²) in [5, 5.41) is 0. The van der Waals surface area contributed by atoms with Crippen LogP contribution in [-0.4, -0.2) is 19.5 Å².